The second kappa shape index (κ2) is 5.38. The molecule has 3 nitrogen and oxygen atoms in total. The third kappa shape index (κ3) is 2.90. The Bertz CT molecular complexity index is 508. The summed E-state index contributed by atoms with van der Waals surface area (Å²) in [5, 5.41) is 0. The SMILES string of the molecule is COc1ccc(Br)cc1Cc1ccc(CN)o1. The van der Waals surface area contributed by atoms with Crippen molar-refractivity contribution in [2.45, 2.75) is 13.0 Å². The minimum Gasteiger partial charge on any atom is -0.496 e. The second-order valence-corrected chi connectivity index (χ2v) is 4.62. The highest BCUT2D eigenvalue weighted by Crippen LogP contribution is 2.25. The second-order valence-electron chi connectivity index (χ2n) is 3.71. The molecule has 0 aliphatic carbocycles. The Hall–Kier alpha value is -1.26. The van der Waals surface area contributed by atoms with Crippen LogP contribution in [0.5, 0.6) is 5.75 Å². The number of hydrogen-bond acceptors (Lipinski definition) is 3. The van der Waals surface area contributed by atoms with Crippen molar-refractivity contribution in [1.82, 2.24) is 0 Å². The minimum absolute atomic E-state index is 0.426. The van der Waals surface area contributed by atoms with Crippen molar-refractivity contribution < 1.29 is 9.15 Å². The lowest BCUT2D eigenvalue weighted by atomic mass is 10.1. The van der Waals surface area contributed by atoms with Gasteiger partial charge < -0.3 is 14.9 Å². The van der Waals surface area contributed by atoms with Crippen LogP contribution in [0.2, 0.25) is 0 Å². The van der Waals surface area contributed by atoms with Gasteiger partial charge in [-0.1, -0.05) is 15.9 Å². The van der Waals surface area contributed by atoms with Crippen LogP contribution in [-0.4, -0.2) is 7.11 Å². The molecule has 0 bridgehead atoms. The van der Waals surface area contributed by atoms with E-state index in [1.165, 1.54) is 0 Å². The third-order valence-electron chi connectivity index (χ3n) is 2.53. The summed E-state index contributed by atoms with van der Waals surface area (Å²) in [5.74, 6) is 2.55. The van der Waals surface area contributed by atoms with Gasteiger partial charge in [0.15, 0.2) is 0 Å². The van der Waals surface area contributed by atoms with Crippen molar-refractivity contribution in [2.24, 2.45) is 5.73 Å². The Labute approximate surface area is 109 Å². The van der Waals surface area contributed by atoms with E-state index in [1.54, 1.807) is 7.11 Å². The quantitative estimate of drug-likeness (QED) is 0.943. The number of halogens is 1. The summed E-state index contributed by atoms with van der Waals surface area (Å²) >= 11 is 3.45. The number of methoxy groups -OCH3 is 1. The lowest BCUT2D eigenvalue weighted by Gasteiger charge is -2.07. The number of ether oxygens (including phenoxy) is 1. The molecule has 0 aliphatic rings. The molecule has 1 aromatic heterocycles. The van der Waals surface area contributed by atoms with Crippen LogP contribution in [0.25, 0.3) is 0 Å². The summed E-state index contributed by atoms with van der Waals surface area (Å²) in [6, 6.07) is 9.77. The Morgan fingerprint density at radius 2 is 2.00 bits per heavy atom. The smallest absolute Gasteiger partial charge is 0.122 e. The molecule has 2 rings (SSSR count). The van der Waals surface area contributed by atoms with E-state index in [1.807, 2.05) is 30.3 Å². The van der Waals surface area contributed by atoms with Gasteiger partial charge in [0.1, 0.15) is 17.3 Å². The molecule has 2 aromatic rings. The lowest BCUT2D eigenvalue weighted by Crippen LogP contribution is -1.94. The van der Waals surface area contributed by atoms with E-state index < -0.39 is 0 Å². The summed E-state index contributed by atoms with van der Waals surface area (Å²) in [7, 11) is 1.67. The van der Waals surface area contributed by atoms with E-state index in [2.05, 4.69) is 15.9 Å². The summed E-state index contributed by atoms with van der Waals surface area (Å²) in [6.45, 7) is 0.426. The van der Waals surface area contributed by atoms with Crippen LogP contribution in [0, 0.1) is 0 Å². The van der Waals surface area contributed by atoms with Crippen LogP contribution in [0.15, 0.2) is 39.2 Å². The van der Waals surface area contributed by atoms with E-state index in [-0.39, 0.29) is 0 Å². The zero-order chi connectivity index (χ0) is 12.3. The van der Waals surface area contributed by atoms with Crippen molar-refractivity contribution in [2.75, 3.05) is 7.11 Å². The van der Waals surface area contributed by atoms with E-state index in [9.17, 15) is 0 Å². The molecule has 0 amide bonds. The van der Waals surface area contributed by atoms with Crippen LogP contribution in [0.4, 0.5) is 0 Å². The zero-order valence-electron chi connectivity index (χ0n) is 9.57. The Morgan fingerprint density at radius 3 is 2.65 bits per heavy atom. The number of benzene rings is 1. The Kier molecular flexibility index (Phi) is 3.86. The first kappa shape index (κ1) is 12.2. The lowest BCUT2D eigenvalue weighted by molar-refractivity contribution is 0.407. The Balaban J connectivity index is 2.25. The highest BCUT2D eigenvalue weighted by molar-refractivity contribution is 9.10. The molecule has 0 radical (unpaired) electrons. The fourth-order valence-corrected chi connectivity index (χ4v) is 2.11. The maximum atomic E-state index is 5.58. The fraction of sp³-hybridized carbons (Fsp3) is 0.231. The molecule has 2 N–H and O–H groups in total. The number of rotatable bonds is 4. The number of hydrogen-bond donors (Lipinski definition) is 1. The van der Waals surface area contributed by atoms with E-state index in [4.69, 9.17) is 14.9 Å². The van der Waals surface area contributed by atoms with Crippen molar-refractivity contribution >= 4 is 15.9 Å². The highest BCUT2D eigenvalue weighted by atomic mass is 79.9. The van der Waals surface area contributed by atoms with Gasteiger partial charge in [0.2, 0.25) is 0 Å². The number of furan rings is 1. The van der Waals surface area contributed by atoms with Gasteiger partial charge in [0.05, 0.1) is 13.7 Å². The molecule has 0 saturated carbocycles. The normalized spacial score (nSPS) is 10.5. The van der Waals surface area contributed by atoms with Gasteiger partial charge >= 0.3 is 0 Å². The van der Waals surface area contributed by atoms with Gasteiger partial charge in [-0.2, -0.15) is 0 Å². The van der Waals surface area contributed by atoms with Crippen LogP contribution < -0.4 is 10.5 Å². The molecule has 0 atom stereocenters. The van der Waals surface area contributed by atoms with E-state index >= 15 is 0 Å². The van der Waals surface area contributed by atoms with Crippen molar-refractivity contribution in [3.8, 4) is 5.75 Å². The molecule has 1 aromatic carbocycles. The molecule has 0 spiro atoms. The molecule has 1 heterocycles. The van der Waals surface area contributed by atoms with Gasteiger partial charge in [-0.3, -0.25) is 0 Å². The molecular weight excluding hydrogens is 282 g/mol. The van der Waals surface area contributed by atoms with Crippen LogP contribution in [0.3, 0.4) is 0 Å². The average Bonchev–Trinajstić information content (AvgIpc) is 2.77. The molecule has 0 unspecified atom stereocenters. The van der Waals surface area contributed by atoms with Gasteiger partial charge in [-0.05, 0) is 30.3 Å². The molecule has 0 saturated heterocycles. The molecular formula is C13H14BrNO2. The predicted octanol–water partition coefficient (Wildman–Crippen LogP) is 3.10. The van der Waals surface area contributed by atoms with Gasteiger partial charge in [0.25, 0.3) is 0 Å². The van der Waals surface area contributed by atoms with Crippen LogP contribution >= 0.6 is 15.9 Å². The van der Waals surface area contributed by atoms with Gasteiger partial charge in [0, 0.05) is 16.5 Å². The van der Waals surface area contributed by atoms with E-state index in [0.717, 1.165) is 27.3 Å². The molecule has 4 heteroatoms. The first-order valence-electron chi connectivity index (χ1n) is 5.33. The largest absolute Gasteiger partial charge is 0.496 e. The van der Waals surface area contributed by atoms with Crippen molar-refractivity contribution in [3.63, 3.8) is 0 Å². The van der Waals surface area contributed by atoms with Crippen molar-refractivity contribution in [3.05, 3.63) is 51.9 Å². The fourth-order valence-electron chi connectivity index (χ4n) is 1.70. The van der Waals surface area contributed by atoms with Crippen LogP contribution in [0.1, 0.15) is 17.1 Å². The summed E-state index contributed by atoms with van der Waals surface area (Å²) in [6.07, 6.45) is 0.697. The maximum absolute atomic E-state index is 5.58. The summed E-state index contributed by atoms with van der Waals surface area (Å²) in [4.78, 5) is 0. The average molecular weight is 296 g/mol. The Morgan fingerprint density at radius 1 is 1.24 bits per heavy atom. The summed E-state index contributed by atoms with van der Waals surface area (Å²) in [5.41, 5.74) is 6.59. The standard InChI is InChI=1S/C13H14BrNO2/c1-16-13-5-2-10(14)6-9(13)7-11-3-4-12(8-15)17-11/h2-6H,7-8,15H2,1H3. The molecule has 17 heavy (non-hydrogen) atoms. The molecule has 0 aliphatic heterocycles. The topological polar surface area (TPSA) is 48.4 Å². The number of nitrogens with two attached hydrogens (primary N) is 1. The van der Waals surface area contributed by atoms with Gasteiger partial charge in [-0.25, -0.2) is 0 Å². The highest BCUT2D eigenvalue weighted by Gasteiger charge is 2.08. The maximum Gasteiger partial charge on any atom is 0.122 e. The van der Waals surface area contributed by atoms with E-state index in [0.29, 0.717) is 13.0 Å². The monoisotopic (exact) mass is 295 g/mol. The molecule has 0 fully saturated rings. The minimum atomic E-state index is 0.426. The van der Waals surface area contributed by atoms with Gasteiger partial charge in [-0.15, -0.1) is 0 Å². The zero-order valence-corrected chi connectivity index (χ0v) is 11.2. The third-order valence-corrected chi connectivity index (χ3v) is 3.02. The summed E-state index contributed by atoms with van der Waals surface area (Å²) < 4.78 is 11.9. The first-order chi connectivity index (χ1) is 8.22. The first-order valence-corrected chi connectivity index (χ1v) is 6.12. The molecule has 90 valence electrons. The predicted molar refractivity (Wildman–Crippen MR) is 70.1 cm³/mol. The van der Waals surface area contributed by atoms with Crippen LogP contribution in [-0.2, 0) is 13.0 Å². The van der Waals surface area contributed by atoms with Crippen molar-refractivity contribution in [1.29, 1.82) is 0 Å².